The van der Waals surface area contributed by atoms with Crippen LogP contribution in [0.2, 0.25) is 5.02 Å². The number of hydrogen-bond donors (Lipinski definition) is 0. The Morgan fingerprint density at radius 1 is 1.22 bits per heavy atom. The highest BCUT2D eigenvalue weighted by atomic mass is 79.9. The lowest BCUT2D eigenvalue weighted by molar-refractivity contribution is 0.0627. The van der Waals surface area contributed by atoms with Gasteiger partial charge in [0.2, 0.25) is 0 Å². The molecule has 0 N–H and O–H groups in total. The first-order valence-corrected chi connectivity index (χ1v) is 10.5. The first-order valence-electron chi connectivity index (χ1n) is 8.44. The van der Waals surface area contributed by atoms with E-state index in [2.05, 4.69) is 25.8 Å². The molecule has 3 aromatic rings. The van der Waals surface area contributed by atoms with Gasteiger partial charge in [0.25, 0.3) is 11.5 Å². The fourth-order valence-corrected chi connectivity index (χ4v) is 4.44. The molecule has 140 valence electrons. The van der Waals surface area contributed by atoms with Crippen molar-refractivity contribution in [2.45, 2.75) is 6.54 Å². The molecule has 0 radical (unpaired) electrons. The third-order valence-corrected chi connectivity index (χ3v) is 6.14. The third-order valence-electron chi connectivity index (χ3n) is 4.56. The van der Waals surface area contributed by atoms with E-state index in [-0.39, 0.29) is 11.5 Å². The zero-order chi connectivity index (χ0) is 19.0. The van der Waals surface area contributed by atoms with Gasteiger partial charge in [0.15, 0.2) is 4.96 Å². The van der Waals surface area contributed by atoms with Crippen molar-refractivity contribution in [1.29, 1.82) is 0 Å². The van der Waals surface area contributed by atoms with Crippen LogP contribution in [0.3, 0.4) is 0 Å². The Morgan fingerprint density at radius 2 is 2.00 bits per heavy atom. The lowest BCUT2D eigenvalue weighted by Gasteiger charge is -2.34. The molecule has 3 heterocycles. The van der Waals surface area contributed by atoms with Crippen LogP contribution >= 0.6 is 38.9 Å². The van der Waals surface area contributed by atoms with Crippen LogP contribution in [0, 0.1) is 0 Å². The van der Waals surface area contributed by atoms with Crippen molar-refractivity contribution in [3.63, 3.8) is 0 Å². The van der Waals surface area contributed by atoms with Crippen LogP contribution in [0.25, 0.3) is 4.96 Å². The van der Waals surface area contributed by atoms with Crippen molar-refractivity contribution >= 4 is 49.7 Å². The van der Waals surface area contributed by atoms with Gasteiger partial charge >= 0.3 is 0 Å². The van der Waals surface area contributed by atoms with Gasteiger partial charge in [0.05, 0.1) is 16.3 Å². The lowest BCUT2D eigenvalue weighted by Crippen LogP contribution is -2.48. The summed E-state index contributed by atoms with van der Waals surface area (Å²) in [5, 5.41) is 2.31. The molecule has 1 aromatic carbocycles. The second-order valence-electron chi connectivity index (χ2n) is 6.33. The van der Waals surface area contributed by atoms with Gasteiger partial charge in [-0.15, -0.1) is 11.3 Å². The number of benzene rings is 1. The molecule has 27 heavy (non-hydrogen) atoms. The third kappa shape index (κ3) is 3.94. The second kappa shape index (κ2) is 7.71. The Hall–Kier alpha value is -1.74. The first kappa shape index (κ1) is 18.6. The van der Waals surface area contributed by atoms with Crippen molar-refractivity contribution in [2.75, 3.05) is 26.2 Å². The van der Waals surface area contributed by atoms with E-state index >= 15 is 0 Å². The molecule has 0 aliphatic carbocycles. The average Bonchev–Trinajstić information content (AvgIpc) is 3.13. The van der Waals surface area contributed by atoms with Crippen molar-refractivity contribution < 1.29 is 4.79 Å². The minimum atomic E-state index is -0.0608. The molecule has 6 nitrogen and oxygen atoms in total. The van der Waals surface area contributed by atoms with Crippen LogP contribution in [-0.4, -0.2) is 51.3 Å². The first-order chi connectivity index (χ1) is 13.0. The number of amides is 1. The maximum atomic E-state index is 12.7. The molecule has 9 heteroatoms. The number of halogens is 2. The summed E-state index contributed by atoms with van der Waals surface area (Å²) in [6.07, 6.45) is 1.73. The van der Waals surface area contributed by atoms with E-state index in [1.54, 1.807) is 28.8 Å². The number of aromatic nitrogens is 2. The van der Waals surface area contributed by atoms with Crippen LogP contribution < -0.4 is 5.56 Å². The molecule has 4 rings (SSSR count). The predicted octanol–water partition coefficient (Wildman–Crippen LogP) is 3.13. The molecular weight excluding hydrogens is 452 g/mol. The topological polar surface area (TPSA) is 57.9 Å². The van der Waals surface area contributed by atoms with Gasteiger partial charge in [-0.3, -0.25) is 18.9 Å². The fraction of sp³-hybridized carbons (Fsp3) is 0.278. The maximum absolute atomic E-state index is 12.7. The van der Waals surface area contributed by atoms with Gasteiger partial charge in [0.1, 0.15) is 0 Å². The van der Waals surface area contributed by atoms with Crippen LogP contribution in [0.1, 0.15) is 16.1 Å². The summed E-state index contributed by atoms with van der Waals surface area (Å²) in [4.78, 5) is 34.1. The molecule has 1 saturated heterocycles. The fourth-order valence-electron chi connectivity index (χ4n) is 3.14. The van der Waals surface area contributed by atoms with Crippen LogP contribution in [0.4, 0.5) is 0 Å². The SMILES string of the molecule is O=C(c1cc(Br)ccc1Cl)N1CCN(Cc2cc(=O)n3ccsc3n2)CC1. The number of nitrogens with zero attached hydrogens (tertiary/aromatic N) is 4. The van der Waals surface area contributed by atoms with E-state index in [1.165, 1.54) is 11.3 Å². The number of thiazole rings is 1. The van der Waals surface area contributed by atoms with Crippen molar-refractivity contribution in [2.24, 2.45) is 0 Å². The molecule has 0 atom stereocenters. The Morgan fingerprint density at radius 3 is 2.78 bits per heavy atom. The summed E-state index contributed by atoms with van der Waals surface area (Å²) >= 11 is 11.0. The largest absolute Gasteiger partial charge is 0.336 e. The monoisotopic (exact) mass is 466 g/mol. The number of carbonyl (C=O) groups excluding carboxylic acids is 1. The Balaban J connectivity index is 1.41. The molecule has 0 spiro atoms. The summed E-state index contributed by atoms with van der Waals surface area (Å²) in [5.41, 5.74) is 1.21. The van der Waals surface area contributed by atoms with E-state index in [0.29, 0.717) is 35.2 Å². The molecule has 0 bridgehead atoms. The summed E-state index contributed by atoms with van der Waals surface area (Å²) in [7, 11) is 0. The quantitative estimate of drug-likeness (QED) is 0.594. The number of fused-ring (bicyclic) bond motifs is 1. The summed E-state index contributed by atoms with van der Waals surface area (Å²) in [6.45, 7) is 3.28. The van der Waals surface area contributed by atoms with E-state index in [9.17, 15) is 9.59 Å². The Bertz CT molecular complexity index is 1060. The Kier molecular flexibility index (Phi) is 5.32. The maximum Gasteiger partial charge on any atom is 0.258 e. The molecule has 1 aliphatic heterocycles. The number of hydrogen-bond acceptors (Lipinski definition) is 5. The van der Waals surface area contributed by atoms with Crippen molar-refractivity contribution in [1.82, 2.24) is 19.2 Å². The normalized spacial score (nSPS) is 15.4. The van der Waals surface area contributed by atoms with Gasteiger partial charge < -0.3 is 4.90 Å². The molecular formula is C18H16BrClN4O2S. The smallest absolute Gasteiger partial charge is 0.258 e. The lowest BCUT2D eigenvalue weighted by atomic mass is 10.1. The summed E-state index contributed by atoms with van der Waals surface area (Å²) in [5.74, 6) is -0.0580. The second-order valence-corrected chi connectivity index (χ2v) is 8.53. The van der Waals surface area contributed by atoms with Crippen molar-refractivity contribution in [3.8, 4) is 0 Å². The van der Waals surface area contributed by atoms with Gasteiger partial charge in [-0.1, -0.05) is 27.5 Å². The molecule has 0 unspecified atom stereocenters. The van der Waals surface area contributed by atoms with Crippen molar-refractivity contribution in [3.05, 3.63) is 66.9 Å². The van der Waals surface area contributed by atoms with Crippen LogP contribution in [-0.2, 0) is 6.54 Å². The van der Waals surface area contributed by atoms with Gasteiger partial charge in [-0.25, -0.2) is 4.98 Å². The molecule has 0 saturated carbocycles. The number of rotatable bonds is 3. The summed E-state index contributed by atoms with van der Waals surface area (Å²) in [6, 6.07) is 6.88. The van der Waals surface area contributed by atoms with Gasteiger partial charge in [-0.2, -0.15) is 0 Å². The molecule has 1 fully saturated rings. The van der Waals surface area contributed by atoms with E-state index in [0.717, 1.165) is 23.3 Å². The highest BCUT2D eigenvalue weighted by Crippen LogP contribution is 2.23. The van der Waals surface area contributed by atoms with Crippen LogP contribution in [0.15, 0.2) is 45.1 Å². The molecule has 1 amide bonds. The molecule has 2 aromatic heterocycles. The number of piperazine rings is 1. The van der Waals surface area contributed by atoms with Crippen LogP contribution in [0.5, 0.6) is 0 Å². The predicted molar refractivity (Wildman–Crippen MR) is 110 cm³/mol. The zero-order valence-corrected chi connectivity index (χ0v) is 17.4. The summed E-state index contributed by atoms with van der Waals surface area (Å²) < 4.78 is 2.38. The standard InChI is InChI=1S/C18H16BrClN4O2S/c19-12-1-2-15(20)14(9-12)17(26)23-5-3-22(4-6-23)11-13-10-16(25)24-7-8-27-18(24)21-13/h1-2,7-10H,3-6,11H2. The average molecular weight is 468 g/mol. The highest BCUT2D eigenvalue weighted by molar-refractivity contribution is 9.10. The highest BCUT2D eigenvalue weighted by Gasteiger charge is 2.24. The Labute approximate surface area is 173 Å². The number of carbonyl (C=O) groups is 1. The van der Waals surface area contributed by atoms with Gasteiger partial charge in [0, 0.05) is 54.8 Å². The van der Waals surface area contributed by atoms with E-state index in [4.69, 9.17) is 11.6 Å². The zero-order valence-electron chi connectivity index (χ0n) is 14.3. The minimum absolute atomic E-state index is 0.0580. The van der Waals surface area contributed by atoms with E-state index in [1.807, 2.05) is 16.3 Å². The molecule has 1 aliphatic rings. The minimum Gasteiger partial charge on any atom is -0.336 e. The van der Waals surface area contributed by atoms with E-state index < -0.39 is 0 Å². The van der Waals surface area contributed by atoms with Gasteiger partial charge in [-0.05, 0) is 18.2 Å².